The first-order valence-corrected chi connectivity index (χ1v) is 7.81. The molecule has 1 aromatic carbocycles. The lowest BCUT2D eigenvalue weighted by atomic mass is 10.1. The van der Waals surface area contributed by atoms with Crippen LogP contribution in [0, 0.1) is 3.57 Å². The third-order valence-electron chi connectivity index (χ3n) is 2.61. The predicted octanol–water partition coefficient (Wildman–Crippen LogP) is 3.47. The number of hydrogen-bond donors (Lipinski definition) is 2. The van der Waals surface area contributed by atoms with Gasteiger partial charge in [0.15, 0.2) is 0 Å². The van der Waals surface area contributed by atoms with Crippen molar-refractivity contribution in [1.29, 1.82) is 0 Å². The number of nitrogens with one attached hydrogen (secondary N) is 2. The zero-order valence-electron chi connectivity index (χ0n) is 12.5. The molecule has 0 aromatic heterocycles. The van der Waals surface area contributed by atoms with Gasteiger partial charge in [0, 0.05) is 22.7 Å². The van der Waals surface area contributed by atoms with Gasteiger partial charge in [-0.05, 0) is 68.0 Å². The van der Waals surface area contributed by atoms with Gasteiger partial charge >= 0.3 is 6.09 Å². The maximum Gasteiger partial charge on any atom is 0.407 e. The average molecular weight is 390 g/mol. The third-order valence-corrected chi connectivity index (χ3v) is 3.33. The van der Waals surface area contributed by atoms with Gasteiger partial charge in [0.05, 0.1) is 0 Å². The van der Waals surface area contributed by atoms with Gasteiger partial charge in [0.25, 0.3) is 0 Å². The summed E-state index contributed by atoms with van der Waals surface area (Å²) in [5.74, 6) is 0. The Morgan fingerprint density at radius 2 is 1.85 bits per heavy atom. The smallest absolute Gasteiger partial charge is 0.407 e. The molecule has 20 heavy (non-hydrogen) atoms. The fourth-order valence-electron chi connectivity index (χ4n) is 1.64. The van der Waals surface area contributed by atoms with Crippen molar-refractivity contribution in [3.05, 3.63) is 33.4 Å². The third kappa shape index (κ3) is 7.09. The summed E-state index contributed by atoms with van der Waals surface area (Å²) in [7, 11) is 0. The summed E-state index contributed by atoms with van der Waals surface area (Å²) in [6, 6.07) is 8.66. The molecule has 0 aliphatic rings. The van der Waals surface area contributed by atoms with E-state index in [4.69, 9.17) is 4.74 Å². The summed E-state index contributed by atoms with van der Waals surface area (Å²) in [5, 5.41) is 6.09. The summed E-state index contributed by atoms with van der Waals surface area (Å²) in [6.45, 7) is 8.91. The monoisotopic (exact) mass is 390 g/mol. The molecule has 0 spiro atoms. The lowest BCUT2D eigenvalue weighted by Crippen LogP contribution is -2.36. The molecule has 0 radical (unpaired) electrons. The van der Waals surface area contributed by atoms with E-state index in [0.29, 0.717) is 13.1 Å². The number of rotatable bonds is 5. The molecular formula is C15H23IN2O2. The van der Waals surface area contributed by atoms with Crippen molar-refractivity contribution in [3.63, 3.8) is 0 Å². The normalized spacial score (nSPS) is 12.8. The first kappa shape index (κ1) is 17.2. The van der Waals surface area contributed by atoms with Crippen LogP contribution in [0.15, 0.2) is 24.3 Å². The molecule has 112 valence electrons. The minimum absolute atomic E-state index is 0.257. The average Bonchev–Trinajstić information content (AvgIpc) is 2.33. The summed E-state index contributed by atoms with van der Waals surface area (Å²) in [4.78, 5) is 11.4. The van der Waals surface area contributed by atoms with Gasteiger partial charge in [-0.1, -0.05) is 12.1 Å². The number of amides is 1. The molecule has 0 saturated carbocycles. The van der Waals surface area contributed by atoms with Gasteiger partial charge < -0.3 is 15.4 Å². The maximum absolute atomic E-state index is 11.4. The number of benzene rings is 1. The van der Waals surface area contributed by atoms with E-state index in [-0.39, 0.29) is 12.1 Å². The summed E-state index contributed by atoms with van der Waals surface area (Å²) < 4.78 is 6.39. The quantitative estimate of drug-likeness (QED) is 0.598. The van der Waals surface area contributed by atoms with E-state index < -0.39 is 5.60 Å². The molecule has 1 rings (SSSR count). The molecule has 0 aliphatic carbocycles. The van der Waals surface area contributed by atoms with Crippen molar-refractivity contribution in [3.8, 4) is 0 Å². The highest BCUT2D eigenvalue weighted by Crippen LogP contribution is 2.14. The van der Waals surface area contributed by atoms with E-state index in [1.807, 2.05) is 20.8 Å². The Kier molecular flexibility index (Phi) is 6.75. The van der Waals surface area contributed by atoms with Crippen LogP contribution in [0.1, 0.15) is 39.3 Å². The molecule has 0 bridgehead atoms. The highest BCUT2D eigenvalue weighted by Gasteiger charge is 2.15. The lowest BCUT2D eigenvalue weighted by molar-refractivity contribution is 0.0528. The molecule has 2 N–H and O–H groups in total. The number of hydrogen-bond acceptors (Lipinski definition) is 3. The van der Waals surface area contributed by atoms with E-state index in [9.17, 15) is 4.79 Å². The van der Waals surface area contributed by atoms with E-state index in [0.717, 1.165) is 0 Å². The minimum Gasteiger partial charge on any atom is -0.444 e. The molecule has 1 amide bonds. The van der Waals surface area contributed by atoms with Gasteiger partial charge in [0.2, 0.25) is 0 Å². The Morgan fingerprint density at radius 3 is 2.40 bits per heavy atom. The lowest BCUT2D eigenvalue weighted by Gasteiger charge is -2.20. The van der Waals surface area contributed by atoms with Crippen LogP contribution in [0.3, 0.4) is 0 Å². The fraction of sp³-hybridized carbons (Fsp3) is 0.533. The first-order chi connectivity index (χ1) is 9.28. The van der Waals surface area contributed by atoms with Crippen LogP contribution in [-0.4, -0.2) is 24.8 Å². The minimum atomic E-state index is -0.452. The van der Waals surface area contributed by atoms with E-state index in [1.165, 1.54) is 9.13 Å². The van der Waals surface area contributed by atoms with Crippen LogP contribution >= 0.6 is 22.6 Å². The van der Waals surface area contributed by atoms with Crippen LogP contribution in [-0.2, 0) is 4.74 Å². The second-order valence-electron chi connectivity index (χ2n) is 5.66. The number of carbonyl (C=O) groups excluding carboxylic acids is 1. The zero-order chi connectivity index (χ0) is 15.2. The van der Waals surface area contributed by atoms with Crippen molar-refractivity contribution in [2.75, 3.05) is 13.1 Å². The van der Waals surface area contributed by atoms with Gasteiger partial charge in [0.1, 0.15) is 5.60 Å². The largest absolute Gasteiger partial charge is 0.444 e. The standard InChI is InChI=1S/C15H23IN2O2/c1-11(12-5-7-13(16)8-6-12)17-9-10-18-14(19)20-15(2,3)4/h5-8,11,17H,9-10H2,1-4H3,(H,18,19)/t11-/m0/s1. The molecular weight excluding hydrogens is 367 g/mol. The van der Waals surface area contributed by atoms with E-state index in [2.05, 4.69) is 64.4 Å². The summed E-state index contributed by atoms with van der Waals surface area (Å²) >= 11 is 2.29. The van der Waals surface area contributed by atoms with Crippen LogP contribution in [0.25, 0.3) is 0 Å². The second-order valence-corrected chi connectivity index (χ2v) is 6.90. The summed E-state index contributed by atoms with van der Waals surface area (Å²) in [6.07, 6.45) is -0.374. The number of halogens is 1. The molecule has 0 saturated heterocycles. The first-order valence-electron chi connectivity index (χ1n) is 6.73. The van der Waals surface area contributed by atoms with Crippen molar-refractivity contribution in [1.82, 2.24) is 10.6 Å². The Morgan fingerprint density at radius 1 is 1.25 bits per heavy atom. The predicted molar refractivity (Wildman–Crippen MR) is 89.8 cm³/mol. The Hall–Kier alpha value is -0.820. The van der Waals surface area contributed by atoms with Gasteiger partial charge in [-0.15, -0.1) is 0 Å². The molecule has 0 heterocycles. The molecule has 5 heteroatoms. The Balaban J connectivity index is 2.24. The second kappa shape index (κ2) is 7.83. The van der Waals surface area contributed by atoms with Crippen molar-refractivity contribution >= 4 is 28.7 Å². The van der Waals surface area contributed by atoms with Gasteiger partial charge in [-0.2, -0.15) is 0 Å². The van der Waals surface area contributed by atoms with Gasteiger partial charge in [-0.3, -0.25) is 0 Å². The highest BCUT2D eigenvalue weighted by molar-refractivity contribution is 14.1. The van der Waals surface area contributed by atoms with Crippen molar-refractivity contribution in [2.45, 2.75) is 39.3 Å². The zero-order valence-corrected chi connectivity index (χ0v) is 14.7. The molecule has 4 nitrogen and oxygen atoms in total. The summed E-state index contributed by atoms with van der Waals surface area (Å²) in [5.41, 5.74) is 0.786. The number of ether oxygens (including phenoxy) is 1. The SMILES string of the molecule is C[C@H](NCCNC(=O)OC(C)(C)C)c1ccc(I)cc1. The molecule has 0 unspecified atom stereocenters. The molecule has 0 aliphatic heterocycles. The van der Waals surface area contributed by atoms with E-state index in [1.54, 1.807) is 0 Å². The van der Waals surface area contributed by atoms with Crippen LogP contribution < -0.4 is 10.6 Å². The fourth-order valence-corrected chi connectivity index (χ4v) is 2.00. The Bertz CT molecular complexity index is 426. The molecule has 1 aromatic rings. The van der Waals surface area contributed by atoms with E-state index >= 15 is 0 Å². The maximum atomic E-state index is 11.4. The molecule has 1 atom stereocenters. The Labute approximate surface area is 134 Å². The highest BCUT2D eigenvalue weighted by atomic mass is 127. The number of carbonyl (C=O) groups is 1. The van der Waals surface area contributed by atoms with Crippen molar-refractivity contribution in [2.24, 2.45) is 0 Å². The van der Waals surface area contributed by atoms with Crippen LogP contribution in [0.5, 0.6) is 0 Å². The molecule has 0 fully saturated rings. The number of alkyl carbamates (subject to hydrolysis) is 1. The van der Waals surface area contributed by atoms with Gasteiger partial charge in [-0.25, -0.2) is 4.79 Å². The van der Waals surface area contributed by atoms with Crippen molar-refractivity contribution < 1.29 is 9.53 Å². The topological polar surface area (TPSA) is 50.4 Å². The van der Waals surface area contributed by atoms with Crippen LogP contribution in [0.2, 0.25) is 0 Å². The van der Waals surface area contributed by atoms with Crippen LogP contribution in [0.4, 0.5) is 4.79 Å².